The number of carbonyl (C=O) groups excluding carboxylic acids is 2. The number of nitrogens with one attached hydrogen (secondary N) is 2. The number of rotatable bonds is 6. The first-order chi connectivity index (χ1) is 16.8. The number of Topliss-reactive ketones (excluding diaryl/α,β-unsaturated/α-hetero) is 1. The number of anilines is 1. The smallest absolute Gasteiger partial charge is 0.248 e. The molecule has 10 heteroatoms. The Morgan fingerprint density at radius 1 is 1.11 bits per heavy atom. The highest BCUT2D eigenvalue weighted by molar-refractivity contribution is 6.18. The van der Waals surface area contributed by atoms with Crippen LogP contribution in [0.2, 0.25) is 0 Å². The fraction of sp³-hybridized carbons (Fsp3) is 0.480. The zero-order valence-corrected chi connectivity index (χ0v) is 19.1. The second-order valence-corrected chi connectivity index (χ2v) is 9.53. The lowest BCUT2D eigenvalue weighted by atomic mass is 9.84. The van der Waals surface area contributed by atoms with Gasteiger partial charge in [-0.05, 0) is 50.2 Å². The minimum atomic E-state index is -2.62. The van der Waals surface area contributed by atoms with Gasteiger partial charge in [-0.15, -0.1) is 0 Å². The fourth-order valence-electron chi connectivity index (χ4n) is 5.05. The van der Waals surface area contributed by atoms with E-state index in [1.165, 1.54) is 18.6 Å². The maximum Gasteiger partial charge on any atom is 0.248 e. The number of pyridine rings is 1. The van der Waals surface area contributed by atoms with Crippen LogP contribution in [0.5, 0.6) is 0 Å². The summed E-state index contributed by atoms with van der Waals surface area (Å²) in [5.41, 5.74) is 0.811. The molecule has 35 heavy (non-hydrogen) atoms. The molecule has 0 radical (unpaired) electrons. The van der Waals surface area contributed by atoms with Gasteiger partial charge in [0.05, 0.1) is 22.6 Å². The van der Waals surface area contributed by atoms with Crippen LogP contribution in [0.3, 0.4) is 0 Å². The van der Waals surface area contributed by atoms with E-state index in [2.05, 4.69) is 25.3 Å². The molecule has 0 bridgehead atoms. The van der Waals surface area contributed by atoms with Gasteiger partial charge in [0, 0.05) is 31.2 Å². The van der Waals surface area contributed by atoms with Gasteiger partial charge in [-0.1, -0.05) is 6.42 Å². The van der Waals surface area contributed by atoms with E-state index >= 15 is 0 Å². The Morgan fingerprint density at radius 2 is 1.91 bits per heavy atom. The lowest BCUT2D eigenvalue weighted by molar-refractivity contribution is -0.121. The quantitative estimate of drug-likeness (QED) is 0.376. The molecule has 2 fully saturated rings. The Bertz CT molecular complexity index is 1270. The van der Waals surface area contributed by atoms with Crippen LogP contribution in [0.4, 0.5) is 19.0 Å². The van der Waals surface area contributed by atoms with Crippen molar-refractivity contribution >= 4 is 28.4 Å². The van der Waals surface area contributed by atoms with Crippen molar-refractivity contribution in [2.45, 2.75) is 69.8 Å². The molecule has 0 aromatic carbocycles. The SMILES string of the molecule is O=C(c1ccc(CC2CCC(F)(F)CC2)nc1F)c1c[nH]c2ncnc(N[C@@H]3CCCCC3=O)c12. The standard InChI is InChI=1S/C25H26F3N5O2/c26-22-16(6-5-15(32-22)11-14-7-9-25(27,28)10-8-14)21(35)17-12-29-23-20(17)24(31-13-30-23)33-18-3-1-2-4-19(18)34/h5-6,12-14,18H,1-4,7-11H2,(H2,29,30,31,33)/t18-/m1/s1. The Hall–Kier alpha value is -3.30. The van der Waals surface area contributed by atoms with Gasteiger partial charge in [-0.3, -0.25) is 9.59 Å². The number of ketones is 2. The molecule has 0 amide bonds. The normalized spacial score (nSPS) is 20.8. The summed E-state index contributed by atoms with van der Waals surface area (Å²) in [6.45, 7) is 0. The van der Waals surface area contributed by atoms with E-state index in [4.69, 9.17) is 0 Å². The first-order valence-electron chi connectivity index (χ1n) is 12.0. The number of aromatic amines is 1. The molecule has 0 unspecified atom stereocenters. The molecule has 1 atom stereocenters. The number of hydrogen-bond donors (Lipinski definition) is 2. The van der Waals surface area contributed by atoms with E-state index in [9.17, 15) is 22.8 Å². The lowest BCUT2D eigenvalue weighted by Gasteiger charge is -2.28. The molecule has 2 saturated carbocycles. The largest absolute Gasteiger partial charge is 0.360 e. The first-order valence-corrected chi connectivity index (χ1v) is 12.0. The third-order valence-corrected chi connectivity index (χ3v) is 7.07. The second kappa shape index (κ2) is 9.39. The molecule has 3 aromatic heterocycles. The van der Waals surface area contributed by atoms with Crippen LogP contribution in [0.25, 0.3) is 11.0 Å². The second-order valence-electron chi connectivity index (χ2n) is 9.53. The molecule has 3 heterocycles. The third kappa shape index (κ3) is 4.92. The Labute approximate surface area is 200 Å². The van der Waals surface area contributed by atoms with Gasteiger partial charge in [0.25, 0.3) is 0 Å². The van der Waals surface area contributed by atoms with E-state index in [0.29, 0.717) is 54.6 Å². The van der Waals surface area contributed by atoms with Crippen LogP contribution in [-0.4, -0.2) is 43.5 Å². The Kier molecular flexibility index (Phi) is 6.29. The molecular formula is C25H26F3N5O2. The van der Waals surface area contributed by atoms with Crippen molar-refractivity contribution < 1.29 is 22.8 Å². The molecule has 0 aliphatic heterocycles. The molecule has 2 aliphatic carbocycles. The molecule has 5 rings (SSSR count). The van der Waals surface area contributed by atoms with Crippen LogP contribution in [0.1, 0.15) is 73.0 Å². The number of hydrogen-bond acceptors (Lipinski definition) is 6. The van der Waals surface area contributed by atoms with Crippen LogP contribution in [0.15, 0.2) is 24.7 Å². The highest BCUT2D eigenvalue weighted by Gasteiger charge is 2.35. The molecule has 184 valence electrons. The van der Waals surface area contributed by atoms with Gasteiger partial charge in [0.1, 0.15) is 17.8 Å². The van der Waals surface area contributed by atoms with Gasteiger partial charge < -0.3 is 10.3 Å². The minimum absolute atomic E-state index is 0.0185. The molecule has 0 saturated heterocycles. The summed E-state index contributed by atoms with van der Waals surface area (Å²) in [5, 5.41) is 3.54. The van der Waals surface area contributed by atoms with E-state index in [-0.39, 0.29) is 35.7 Å². The Balaban J connectivity index is 1.38. The van der Waals surface area contributed by atoms with Crippen LogP contribution < -0.4 is 5.32 Å². The van der Waals surface area contributed by atoms with Crippen molar-refractivity contribution in [3.05, 3.63) is 47.4 Å². The van der Waals surface area contributed by atoms with Gasteiger partial charge in [0.2, 0.25) is 11.9 Å². The molecule has 2 N–H and O–H groups in total. The third-order valence-electron chi connectivity index (χ3n) is 7.07. The van der Waals surface area contributed by atoms with Crippen molar-refractivity contribution in [1.82, 2.24) is 19.9 Å². The molecular weight excluding hydrogens is 459 g/mol. The maximum atomic E-state index is 14.9. The van der Waals surface area contributed by atoms with Gasteiger partial charge in [-0.2, -0.15) is 4.39 Å². The molecule has 7 nitrogen and oxygen atoms in total. The predicted octanol–water partition coefficient (Wildman–Crippen LogP) is 5.01. The zero-order valence-electron chi connectivity index (χ0n) is 19.1. The van der Waals surface area contributed by atoms with Gasteiger partial charge in [-0.25, -0.2) is 23.7 Å². The van der Waals surface area contributed by atoms with Crippen molar-refractivity contribution in [2.24, 2.45) is 5.92 Å². The van der Waals surface area contributed by atoms with Gasteiger partial charge in [0.15, 0.2) is 11.6 Å². The number of H-pyrrole nitrogens is 1. The van der Waals surface area contributed by atoms with Crippen molar-refractivity contribution in [1.29, 1.82) is 0 Å². The van der Waals surface area contributed by atoms with E-state index in [0.717, 1.165) is 12.8 Å². The lowest BCUT2D eigenvalue weighted by Crippen LogP contribution is -2.32. The average molecular weight is 486 g/mol. The van der Waals surface area contributed by atoms with Crippen molar-refractivity contribution in [2.75, 3.05) is 5.32 Å². The average Bonchev–Trinajstić information content (AvgIpc) is 3.27. The summed E-state index contributed by atoms with van der Waals surface area (Å²) in [5.74, 6) is -3.65. The number of carbonyl (C=O) groups is 2. The number of aromatic nitrogens is 4. The van der Waals surface area contributed by atoms with E-state index < -0.39 is 23.7 Å². The first kappa shape index (κ1) is 23.4. The van der Waals surface area contributed by atoms with E-state index in [1.54, 1.807) is 6.07 Å². The van der Waals surface area contributed by atoms with Crippen molar-refractivity contribution in [3.63, 3.8) is 0 Å². The van der Waals surface area contributed by atoms with Crippen LogP contribution in [-0.2, 0) is 11.2 Å². The summed E-state index contributed by atoms with van der Waals surface area (Å²) in [4.78, 5) is 40.9. The van der Waals surface area contributed by atoms with Crippen molar-refractivity contribution in [3.8, 4) is 0 Å². The monoisotopic (exact) mass is 485 g/mol. The van der Waals surface area contributed by atoms with Crippen LogP contribution in [0, 0.1) is 11.9 Å². The maximum absolute atomic E-state index is 14.9. The Morgan fingerprint density at radius 3 is 2.66 bits per heavy atom. The molecule has 3 aromatic rings. The van der Waals surface area contributed by atoms with Gasteiger partial charge >= 0.3 is 0 Å². The van der Waals surface area contributed by atoms with E-state index in [1.807, 2.05) is 0 Å². The summed E-state index contributed by atoms with van der Waals surface area (Å²) < 4.78 is 41.7. The molecule has 0 spiro atoms. The summed E-state index contributed by atoms with van der Waals surface area (Å²) in [7, 11) is 0. The summed E-state index contributed by atoms with van der Waals surface area (Å²) >= 11 is 0. The highest BCUT2D eigenvalue weighted by atomic mass is 19.3. The topological polar surface area (TPSA) is 101 Å². The highest BCUT2D eigenvalue weighted by Crippen LogP contribution is 2.37. The molecule has 2 aliphatic rings. The number of alkyl halides is 2. The summed E-state index contributed by atoms with van der Waals surface area (Å²) in [6.07, 6.45) is 6.54. The summed E-state index contributed by atoms with van der Waals surface area (Å²) in [6, 6.07) is 2.57. The zero-order chi connectivity index (χ0) is 24.6. The number of fused-ring (bicyclic) bond motifs is 1. The fourth-order valence-corrected chi connectivity index (χ4v) is 5.05. The number of nitrogens with zero attached hydrogens (tertiary/aromatic N) is 3. The predicted molar refractivity (Wildman–Crippen MR) is 123 cm³/mol. The minimum Gasteiger partial charge on any atom is -0.360 e. The van der Waals surface area contributed by atoms with Crippen LogP contribution >= 0.6 is 0 Å². The number of halogens is 3.